The van der Waals surface area contributed by atoms with Crippen molar-refractivity contribution in [3.8, 4) is 0 Å². The molecule has 3 N–H and O–H groups in total. The van der Waals surface area contributed by atoms with E-state index in [1.807, 2.05) is 0 Å². The van der Waals surface area contributed by atoms with Crippen molar-refractivity contribution in [3.63, 3.8) is 0 Å². The number of alkyl halides is 3. The van der Waals surface area contributed by atoms with Gasteiger partial charge in [0.05, 0.1) is 21.1 Å². The first-order chi connectivity index (χ1) is 14.7. The second-order valence-corrected chi connectivity index (χ2v) is 6.35. The number of nitro groups is 1. The Labute approximate surface area is 177 Å². The van der Waals surface area contributed by atoms with E-state index in [2.05, 4.69) is 26.1 Å². The Balaban J connectivity index is 1.86. The Morgan fingerprint density at radius 2 is 1.77 bits per heavy atom. The molecule has 0 aliphatic carbocycles. The first kappa shape index (κ1) is 21.8. The molecule has 0 spiro atoms. The number of halogens is 4. The number of hydrogen-bond donors (Lipinski definition) is 3. The van der Waals surface area contributed by atoms with Crippen molar-refractivity contribution in [3.05, 3.63) is 81.1 Å². The maximum Gasteiger partial charge on any atom is 0.416 e. The number of benzene rings is 2. The van der Waals surface area contributed by atoms with Crippen molar-refractivity contribution in [1.29, 1.82) is 0 Å². The first-order valence-corrected chi connectivity index (χ1v) is 8.79. The van der Waals surface area contributed by atoms with Crippen LogP contribution in [0.4, 0.5) is 36.2 Å². The molecule has 31 heavy (non-hydrogen) atoms. The van der Waals surface area contributed by atoms with Gasteiger partial charge in [0.2, 0.25) is 11.6 Å². The van der Waals surface area contributed by atoms with Crippen molar-refractivity contribution < 1.29 is 22.9 Å². The molecule has 2 aromatic carbocycles. The van der Waals surface area contributed by atoms with Crippen molar-refractivity contribution in [2.24, 2.45) is 0 Å². The number of carbonyl (C=O) groups is 1. The molecule has 0 unspecified atom stereocenters. The van der Waals surface area contributed by atoms with E-state index in [0.717, 1.165) is 24.5 Å². The quantitative estimate of drug-likeness (QED) is 0.370. The molecule has 0 atom stereocenters. The Bertz CT molecular complexity index is 1140. The summed E-state index contributed by atoms with van der Waals surface area (Å²) in [6.45, 7) is 0. The number of hydrogen-bond acceptors (Lipinski definition) is 7. The summed E-state index contributed by atoms with van der Waals surface area (Å²) in [5, 5.41) is 14.2. The fourth-order valence-electron chi connectivity index (χ4n) is 2.47. The molecule has 0 radical (unpaired) electrons. The fraction of sp³-hybridized carbons (Fsp3) is 0.0556. The maximum absolute atomic E-state index is 12.9. The van der Waals surface area contributed by atoms with Gasteiger partial charge in [0.1, 0.15) is 6.33 Å². The van der Waals surface area contributed by atoms with Gasteiger partial charge >= 0.3 is 11.9 Å². The SMILES string of the molecule is O=C(NNc1ncnc(Nc2cccc(C(F)(F)F)c2)c1[N+](=O)[O-])c1ccccc1Cl. The van der Waals surface area contributed by atoms with E-state index < -0.39 is 34.1 Å². The summed E-state index contributed by atoms with van der Waals surface area (Å²) in [5.74, 6) is -1.46. The van der Waals surface area contributed by atoms with E-state index in [1.54, 1.807) is 12.1 Å². The third kappa shape index (κ3) is 5.17. The van der Waals surface area contributed by atoms with Crippen LogP contribution in [0.5, 0.6) is 0 Å². The van der Waals surface area contributed by atoms with E-state index in [0.29, 0.717) is 0 Å². The Hall–Kier alpha value is -3.93. The molecule has 13 heteroatoms. The van der Waals surface area contributed by atoms with Gasteiger partial charge < -0.3 is 5.32 Å². The minimum atomic E-state index is -4.59. The molecular formula is C18H12ClF3N6O3. The third-order valence-electron chi connectivity index (χ3n) is 3.87. The lowest BCUT2D eigenvalue weighted by atomic mass is 10.2. The van der Waals surface area contributed by atoms with Crippen molar-refractivity contribution in [1.82, 2.24) is 15.4 Å². The zero-order chi connectivity index (χ0) is 22.6. The topological polar surface area (TPSA) is 122 Å². The monoisotopic (exact) mass is 452 g/mol. The standard InChI is InChI=1S/C18H12ClF3N6O3/c19-13-7-2-1-6-12(13)17(29)27-26-16-14(28(30)31)15(23-9-24-16)25-11-5-3-4-10(8-11)18(20,21)22/h1-9H,(H,27,29)(H2,23,24,25,26). The third-order valence-corrected chi connectivity index (χ3v) is 4.20. The van der Waals surface area contributed by atoms with Gasteiger partial charge in [0.25, 0.3) is 5.91 Å². The summed E-state index contributed by atoms with van der Waals surface area (Å²) in [7, 11) is 0. The highest BCUT2D eigenvalue weighted by Gasteiger charge is 2.31. The van der Waals surface area contributed by atoms with Crippen molar-refractivity contribution >= 4 is 40.5 Å². The molecule has 0 saturated heterocycles. The van der Waals surface area contributed by atoms with Crippen molar-refractivity contribution in [2.45, 2.75) is 6.18 Å². The highest BCUT2D eigenvalue weighted by Crippen LogP contribution is 2.34. The lowest BCUT2D eigenvalue weighted by Crippen LogP contribution is -2.30. The molecular weight excluding hydrogens is 441 g/mol. The number of hydrazine groups is 1. The summed E-state index contributed by atoms with van der Waals surface area (Å²) in [6.07, 6.45) is -3.65. The largest absolute Gasteiger partial charge is 0.416 e. The van der Waals surface area contributed by atoms with Gasteiger partial charge in [-0.3, -0.25) is 25.8 Å². The molecule has 1 amide bonds. The van der Waals surface area contributed by atoms with Crippen LogP contribution in [0.15, 0.2) is 54.9 Å². The predicted molar refractivity (Wildman–Crippen MR) is 106 cm³/mol. The Kier molecular flexibility index (Phi) is 6.20. The molecule has 0 bridgehead atoms. The molecule has 3 rings (SSSR count). The van der Waals surface area contributed by atoms with Crippen LogP contribution in [0.2, 0.25) is 5.02 Å². The van der Waals surface area contributed by atoms with Crippen LogP contribution in [0.25, 0.3) is 0 Å². The number of nitrogens with zero attached hydrogens (tertiary/aromatic N) is 3. The number of carbonyl (C=O) groups excluding carboxylic acids is 1. The molecule has 1 heterocycles. The van der Waals surface area contributed by atoms with E-state index >= 15 is 0 Å². The van der Waals surface area contributed by atoms with E-state index in [9.17, 15) is 28.1 Å². The maximum atomic E-state index is 12.9. The summed E-state index contributed by atoms with van der Waals surface area (Å²) < 4.78 is 38.7. The molecule has 0 aliphatic heterocycles. The number of amides is 1. The van der Waals surface area contributed by atoms with Gasteiger partial charge in [0, 0.05) is 5.69 Å². The van der Waals surface area contributed by atoms with Gasteiger partial charge in [-0.25, -0.2) is 9.97 Å². The smallest absolute Gasteiger partial charge is 0.334 e. The Morgan fingerprint density at radius 3 is 2.45 bits per heavy atom. The number of aromatic nitrogens is 2. The first-order valence-electron chi connectivity index (χ1n) is 8.41. The molecule has 3 aromatic rings. The normalized spacial score (nSPS) is 11.0. The minimum Gasteiger partial charge on any atom is -0.334 e. The van der Waals surface area contributed by atoms with E-state index in [-0.39, 0.29) is 22.1 Å². The molecule has 1 aromatic heterocycles. The Morgan fingerprint density at radius 1 is 1.06 bits per heavy atom. The van der Waals surface area contributed by atoms with Crippen LogP contribution < -0.4 is 16.2 Å². The minimum absolute atomic E-state index is 0.0809. The zero-order valence-electron chi connectivity index (χ0n) is 15.3. The van der Waals surface area contributed by atoms with E-state index in [4.69, 9.17) is 11.6 Å². The average molecular weight is 453 g/mol. The van der Waals surface area contributed by atoms with Gasteiger partial charge in [-0.2, -0.15) is 13.2 Å². The predicted octanol–water partition coefficient (Wildman–Crippen LogP) is 4.56. The van der Waals surface area contributed by atoms with Gasteiger partial charge in [-0.1, -0.05) is 29.8 Å². The van der Waals surface area contributed by atoms with Gasteiger partial charge in [0.15, 0.2) is 0 Å². The molecule has 0 fully saturated rings. The number of rotatable bonds is 6. The van der Waals surface area contributed by atoms with Crippen LogP contribution in [-0.4, -0.2) is 20.8 Å². The van der Waals surface area contributed by atoms with Gasteiger partial charge in [-0.15, -0.1) is 0 Å². The summed E-state index contributed by atoms with van der Waals surface area (Å²) >= 11 is 5.93. The average Bonchev–Trinajstić information content (AvgIpc) is 2.72. The van der Waals surface area contributed by atoms with Crippen molar-refractivity contribution in [2.75, 3.05) is 10.7 Å². The number of anilines is 3. The second kappa shape index (κ2) is 8.83. The van der Waals surface area contributed by atoms with Gasteiger partial charge in [-0.05, 0) is 30.3 Å². The fourth-order valence-corrected chi connectivity index (χ4v) is 2.69. The lowest BCUT2D eigenvalue weighted by Gasteiger charge is -2.12. The lowest BCUT2D eigenvalue weighted by molar-refractivity contribution is -0.383. The molecule has 0 aliphatic rings. The van der Waals surface area contributed by atoms with E-state index in [1.165, 1.54) is 18.2 Å². The molecule has 9 nitrogen and oxygen atoms in total. The highest BCUT2D eigenvalue weighted by atomic mass is 35.5. The van der Waals surface area contributed by atoms with Crippen LogP contribution in [0.3, 0.4) is 0 Å². The van der Waals surface area contributed by atoms with Crippen LogP contribution in [0.1, 0.15) is 15.9 Å². The van der Waals surface area contributed by atoms with Crippen LogP contribution in [0, 0.1) is 10.1 Å². The van der Waals surface area contributed by atoms with Crippen LogP contribution in [-0.2, 0) is 6.18 Å². The summed E-state index contributed by atoms with van der Waals surface area (Å²) in [4.78, 5) is 30.4. The molecule has 160 valence electrons. The summed E-state index contributed by atoms with van der Waals surface area (Å²) in [5.41, 5.74) is 2.92. The van der Waals surface area contributed by atoms with Crippen LogP contribution >= 0.6 is 11.6 Å². The highest BCUT2D eigenvalue weighted by molar-refractivity contribution is 6.33. The summed E-state index contributed by atoms with van der Waals surface area (Å²) in [6, 6.07) is 10.2. The zero-order valence-corrected chi connectivity index (χ0v) is 16.0. The second-order valence-electron chi connectivity index (χ2n) is 5.94. The molecule has 0 saturated carbocycles. The number of nitrogens with one attached hydrogen (secondary N) is 3.